The van der Waals surface area contributed by atoms with Crippen molar-refractivity contribution in [3.05, 3.63) is 34.9 Å². The van der Waals surface area contributed by atoms with Gasteiger partial charge in [-0.3, -0.25) is 4.79 Å². The first-order valence-electron chi connectivity index (χ1n) is 9.88. The van der Waals surface area contributed by atoms with Gasteiger partial charge in [-0.25, -0.2) is 9.67 Å². The molecule has 0 unspecified atom stereocenters. The average Bonchev–Trinajstić information content (AvgIpc) is 3.10. The third-order valence-electron chi connectivity index (χ3n) is 4.75. The minimum Gasteiger partial charge on any atom is -0.481 e. The number of carbonyl (C=O) groups is 1. The molecule has 2 aromatic rings. The lowest BCUT2D eigenvalue weighted by atomic mass is 9.83. The number of nitrogens with zero attached hydrogens (tertiary/aromatic N) is 5. The van der Waals surface area contributed by atoms with E-state index in [1.807, 2.05) is 13.0 Å². The number of rotatable bonds is 12. The number of tetrazole rings is 1. The van der Waals surface area contributed by atoms with Gasteiger partial charge in [-0.1, -0.05) is 50.7 Å². The summed E-state index contributed by atoms with van der Waals surface area (Å²) in [4.78, 5) is 16.1. The summed E-state index contributed by atoms with van der Waals surface area (Å²) in [6.07, 6.45) is 3.40. The van der Waals surface area contributed by atoms with Gasteiger partial charge in [0.2, 0.25) is 0 Å². The smallest absolute Gasteiger partial charge is 0.307 e. The number of pyridine rings is 1. The molecule has 0 amide bonds. The number of hydrogen-bond acceptors (Lipinski definition) is 6. The van der Waals surface area contributed by atoms with E-state index in [0.717, 1.165) is 18.0 Å². The lowest BCUT2D eigenvalue weighted by Gasteiger charge is -2.23. The van der Waals surface area contributed by atoms with Crippen LogP contribution in [0.4, 0.5) is 0 Å². The number of halogens is 1. The topological polar surface area (TPSA) is 103 Å². The van der Waals surface area contributed by atoms with Crippen molar-refractivity contribution in [3.8, 4) is 0 Å². The van der Waals surface area contributed by atoms with E-state index in [9.17, 15) is 9.90 Å². The third kappa shape index (κ3) is 7.49. The first-order valence-corrected chi connectivity index (χ1v) is 14.0. The Labute approximate surface area is 177 Å². The van der Waals surface area contributed by atoms with Crippen molar-refractivity contribution in [2.24, 2.45) is 5.92 Å². The molecule has 1 N–H and O–H groups in total. The summed E-state index contributed by atoms with van der Waals surface area (Å²) in [5, 5.41) is 22.2. The Hall–Kier alpha value is -1.84. The van der Waals surface area contributed by atoms with Crippen LogP contribution in [0.2, 0.25) is 30.8 Å². The van der Waals surface area contributed by atoms with Crippen LogP contribution < -0.4 is 0 Å². The number of carboxylic acid groups (broad SMARTS) is 1. The Kier molecular flexibility index (Phi) is 8.73. The number of ether oxygens (including phenoxy) is 1. The molecular formula is C19H30ClN5O3Si. The van der Waals surface area contributed by atoms with Gasteiger partial charge < -0.3 is 9.84 Å². The average molecular weight is 440 g/mol. The molecule has 160 valence electrons. The van der Waals surface area contributed by atoms with Crippen LogP contribution in [-0.4, -0.2) is 50.9 Å². The van der Waals surface area contributed by atoms with E-state index in [2.05, 4.69) is 40.2 Å². The van der Waals surface area contributed by atoms with E-state index in [-0.39, 0.29) is 6.73 Å². The van der Waals surface area contributed by atoms with Gasteiger partial charge in [0.25, 0.3) is 0 Å². The standard InChI is InChI=1S/C19H30ClN5O3Si/c1-5-6-15(19(26)27)16(11-14-7-8-17(20)21-12-14)18-22-23-24-25(18)13-28-9-10-29(2,3)4/h7-8,12,15-16H,5-6,9-11,13H2,1-4H3,(H,26,27)/t15-,16-/m0/s1. The molecule has 10 heteroatoms. The highest BCUT2D eigenvalue weighted by molar-refractivity contribution is 6.76. The molecule has 0 aliphatic carbocycles. The van der Waals surface area contributed by atoms with Crippen molar-refractivity contribution in [1.29, 1.82) is 0 Å². The van der Waals surface area contributed by atoms with Gasteiger partial charge in [-0.05, 0) is 40.9 Å². The molecule has 0 aliphatic rings. The Balaban J connectivity index is 2.23. The molecule has 0 fully saturated rings. The molecule has 0 radical (unpaired) electrons. The van der Waals surface area contributed by atoms with E-state index in [1.165, 1.54) is 0 Å². The van der Waals surface area contributed by atoms with Crippen LogP contribution in [0.3, 0.4) is 0 Å². The van der Waals surface area contributed by atoms with Crippen molar-refractivity contribution in [3.63, 3.8) is 0 Å². The van der Waals surface area contributed by atoms with Gasteiger partial charge >= 0.3 is 5.97 Å². The third-order valence-corrected chi connectivity index (χ3v) is 6.68. The number of hydrogen-bond donors (Lipinski definition) is 1. The van der Waals surface area contributed by atoms with E-state index < -0.39 is 25.9 Å². The van der Waals surface area contributed by atoms with E-state index in [4.69, 9.17) is 16.3 Å². The normalized spacial score (nSPS) is 14.0. The Bertz CT molecular complexity index is 779. The fourth-order valence-corrected chi connectivity index (χ4v) is 3.97. The van der Waals surface area contributed by atoms with Crippen LogP contribution >= 0.6 is 11.6 Å². The summed E-state index contributed by atoms with van der Waals surface area (Å²) in [6, 6.07) is 4.59. The van der Waals surface area contributed by atoms with Crippen LogP contribution in [0.1, 0.15) is 37.1 Å². The summed E-state index contributed by atoms with van der Waals surface area (Å²) in [5.74, 6) is -1.34. The molecule has 2 atom stereocenters. The minimum absolute atomic E-state index is 0.209. The number of aromatic nitrogens is 5. The van der Waals surface area contributed by atoms with Crippen molar-refractivity contribution in [1.82, 2.24) is 25.2 Å². The van der Waals surface area contributed by atoms with Crippen molar-refractivity contribution >= 4 is 25.6 Å². The van der Waals surface area contributed by atoms with E-state index in [0.29, 0.717) is 30.4 Å². The summed E-state index contributed by atoms with van der Waals surface area (Å²) in [6.45, 7) is 9.68. The molecule has 0 aliphatic heterocycles. The van der Waals surface area contributed by atoms with E-state index in [1.54, 1.807) is 16.9 Å². The second-order valence-corrected chi connectivity index (χ2v) is 14.4. The van der Waals surface area contributed by atoms with Gasteiger partial charge in [0.1, 0.15) is 11.9 Å². The first-order chi connectivity index (χ1) is 13.7. The van der Waals surface area contributed by atoms with E-state index >= 15 is 0 Å². The zero-order chi connectivity index (χ0) is 21.4. The summed E-state index contributed by atoms with van der Waals surface area (Å²) < 4.78 is 7.36. The van der Waals surface area contributed by atoms with Gasteiger partial charge in [0, 0.05) is 26.8 Å². The Morgan fingerprint density at radius 2 is 2.10 bits per heavy atom. The van der Waals surface area contributed by atoms with Crippen molar-refractivity contribution in [2.75, 3.05) is 6.61 Å². The zero-order valence-electron chi connectivity index (χ0n) is 17.5. The lowest BCUT2D eigenvalue weighted by Crippen LogP contribution is -2.27. The Morgan fingerprint density at radius 3 is 2.69 bits per heavy atom. The first kappa shape index (κ1) is 23.4. The number of carboxylic acids is 1. The molecular weight excluding hydrogens is 410 g/mol. The molecule has 2 rings (SSSR count). The largest absolute Gasteiger partial charge is 0.481 e. The molecule has 0 saturated heterocycles. The number of aliphatic carboxylic acids is 1. The summed E-state index contributed by atoms with van der Waals surface area (Å²) in [7, 11) is -1.20. The molecule has 2 heterocycles. The maximum absolute atomic E-state index is 12.0. The maximum Gasteiger partial charge on any atom is 0.307 e. The van der Waals surface area contributed by atoms with Crippen molar-refractivity contribution in [2.45, 2.75) is 64.5 Å². The molecule has 0 saturated carbocycles. The lowest BCUT2D eigenvalue weighted by molar-refractivity contribution is -0.143. The molecule has 8 nitrogen and oxygen atoms in total. The monoisotopic (exact) mass is 439 g/mol. The van der Waals surface area contributed by atoms with Crippen LogP contribution in [0.5, 0.6) is 0 Å². The zero-order valence-corrected chi connectivity index (χ0v) is 19.3. The molecule has 0 aromatic carbocycles. The summed E-state index contributed by atoms with van der Waals surface area (Å²) >= 11 is 5.88. The molecule has 0 bridgehead atoms. The molecule has 2 aromatic heterocycles. The van der Waals surface area contributed by atoms with Gasteiger partial charge in [-0.15, -0.1) is 5.10 Å². The molecule has 29 heavy (non-hydrogen) atoms. The second kappa shape index (κ2) is 10.8. The second-order valence-electron chi connectivity index (χ2n) is 8.42. The SMILES string of the molecule is CCC[C@H](C(=O)O)[C@H](Cc1ccc(Cl)nc1)c1nnnn1COCC[Si](C)(C)C. The predicted octanol–water partition coefficient (Wildman–Crippen LogP) is 3.86. The maximum atomic E-state index is 12.0. The van der Waals surface area contributed by atoms with Crippen molar-refractivity contribution < 1.29 is 14.6 Å². The van der Waals surface area contributed by atoms with Crippen LogP contribution in [0.15, 0.2) is 18.3 Å². The minimum atomic E-state index is -1.20. The fourth-order valence-electron chi connectivity index (χ4n) is 3.10. The van der Waals surface area contributed by atoms with Gasteiger partial charge in [-0.2, -0.15) is 0 Å². The highest BCUT2D eigenvalue weighted by atomic mass is 35.5. The highest BCUT2D eigenvalue weighted by Crippen LogP contribution is 2.31. The van der Waals surface area contributed by atoms with Gasteiger partial charge in [0.05, 0.1) is 5.92 Å². The predicted molar refractivity (Wildman–Crippen MR) is 114 cm³/mol. The quantitative estimate of drug-likeness (QED) is 0.304. The molecule has 0 spiro atoms. The van der Waals surface area contributed by atoms with Crippen LogP contribution in [0, 0.1) is 5.92 Å². The summed E-state index contributed by atoms with van der Waals surface area (Å²) in [5.41, 5.74) is 0.885. The fraction of sp³-hybridized carbons (Fsp3) is 0.632. The highest BCUT2D eigenvalue weighted by Gasteiger charge is 2.33. The van der Waals surface area contributed by atoms with Gasteiger partial charge in [0.15, 0.2) is 5.82 Å². The Morgan fingerprint density at radius 1 is 1.34 bits per heavy atom. The van der Waals surface area contributed by atoms with Crippen LogP contribution in [-0.2, 0) is 22.7 Å². The van der Waals surface area contributed by atoms with Crippen LogP contribution in [0.25, 0.3) is 0 Å².